The van der Waals surface area contributed by atoms with Crippen LogP contribution in [0.5, 0.6) is 0 Å². The molecule has 0 saturated heterocycles. The average Bonchev–Trinajstić information content (AvgIpc) is 2.73. The highest BCUT2D eigenvalue weighted by molar-refractivity contribution is 5.87. The number of nitrogens with one attached hydrogen (secondary N) is 1. The Morgan fingerprint density at radius 3 is 2.22 bits per heavy atom. The molecule has 18 heavy (non-hydrogen) atoms. The maximum Gasteiger partial charge on any atom is 0.328 e. The van der Waals surface area contributed by atoms with Gasteiger partial charge in [0.2, 0.25) is 5.91 Å². The lowest BCUT2D eigenvalue weighted by atomic mass is 9.77. The summed E-state index contributed by atoms with van der Waals surface area (Å²) in [7, 11) is 0. The van der Waals surface area contributed by atoms with E-state index in [0.717, 1.165) is 32.1 Å². The van der Waals surface area contributed by atoms with Gasteiger partial charge < -0.3 is 15.5 Å². The number of rotatable bonds is 6. The summed E-state index contributed by atoms with van der Waals surface area (Å²) in [5.41, 5.74) is -0.433. The molecule has 0 radical (unpaired) electrons. The molecule has 0 bridgehead atoms. The highest BCUT2D eigenvalue weighted by Gasteiger charge is 2.42. The van der Waals surface area contributed by atoms with Crippen molar-refractivity contribution in [3.05, 3.63) is 0 Å². The van der Waals surface area contributed by atoms with E-state index in [1.54, 1.807) is 0 Å². The van der Waals surface area contributed by atoms with Crippen LogP contribution in [0.2, 0.25) is 0 Å². The van der Waals surface area contributed by atoms with E-state index >= 15 is 0 Å². The molecule has 3 N–H and O–H groups in total. The lowest BCUT2D eigenvalue weighted by molar-refractivity contribution is -0.145. The summed E-state index contributed by atoms with van der Waals surface area (Å²) >= 11 is 0. The molecule has 1 aliphatic rings. The van der Waals surface area contributed by atoms with Crippen molar-refractivity contribution in [2.45, 2.75) is 52.0 Å². The van der Waals surface area contributed by atoms with Gasteiger partial charge in [0.1, 0.15) is 6.04 Å². The van der Waals surface area contributed by atoms with E-state index in [9.17, 15) is 9.59 Å². The Hall–Kier alpha value is -1.10. The minimum Gasteiger partial charge on any atom is -0.480 e. The number of amides is 1. The molecule has 0 aromatic carbocycles. The zero-order chi connectivity index (χ0) is 13.8. The Balaban J connectivity index is 2.74. The fraction of sp³-hybridized carbons (Fsp3) is 0.846. The topological polar surface area (TPSA) is 86.6 Å². The van der Waals surface area contributed by atoms with Crippen LogP contribution >= 0.6 is 0 Å². The van der Waals surface area contributed by atoms with Crippen LogP contribution in [0.3, 0.4) is 0 Å². The van der Waals surface area contributed by atoms with Crippen LogP contribution in [0.25, 0.3) is 0 Å². The fourth-order valence-corrected chi connectivity index (χ4v) is 2.85. The molecule has 0 aromatic heterocycles. The van der Waals surface area contributed by atoms with Gasteiger partial charge in [-0.1, -0.05) is 26.7 Å². The van der Waals surface area contributed by atoms with Gasteiger partial charge in [-0.15, -0.1) is 0 Å². The van der Waals surface area contributed by atoms with Crippen LogP contribution in [-0.2, 0) is 9.59 Å². The molecule has 1 saturated carbocycles. The van der Waals surface area contributed by atoms with Gasteiger partial charge in [-0.25, -0.2) is 4.79 Å². The van der Waals surface area contributed by atoms with E-state index < -0.39 is 24.0 Å². The van der Waals surface area contributed by atoms with E-state index in [2.05, 4.69) is 19.2 Å². The molecule has 0 aromatic rings. The first-order valence-electron chi connectivity index (χ1n) is 6.56. The predicted octanol–water partition coefficient (Wildman–Crippen LogP) is 1.15. The number of carboxylic acids is 1. The third kappa shape index (κ3) is 3.45. The van der Waals surface area contributed by atoms with Crippen LogP contribution in [0, 0.1) is 11.3 Å². The van der Waals surface area contributed by atoms with Crippen LogP contribution in [0.4, 0.5) is 0 Å². The van der Waals surface area contributed by atoms with Crippen LogP contribution in [-0.4, -0.2) is 34.7 Å². The van der Waals surface area contributed by atoms with Gasteiger partial charge in [-0.2, -0.15) is 0 Å². The number of aliphatic hydroxyl groups is 1. The molecule has 5 heteroatoms. The van der Waals surface area contributed by atoms with Crippen molar-refractivity contribution in [2.24, 2.45) is 11.3 Å². The number of hydrogen-bond acceptors (Lipinski definition) is 3. The van der Waals surface area contributed by atoms with Crippen LogP contribution in [0.15, 0.2) is 0 Å². The number of aliphatic carboxylic acids is 1. The summed E-state index contributed by atoms with van der Waals surface area (Å²) in [5, 5.41) is 20.3. The molecule has 1 atom stereocenters. The van der Waals surface area contributed by atoms with Crippen molar-refractivity contribution in [1.29, 1.82) is 0 Å². The Morgan fingerprint density at radius 1 is 1.28 bits per heavy atom. The molecule has 1 rings (SSSR count). The smallest absolute Gasteiger partial charge is 0.328 e. The molecule has 0 heterocycles. The van der Waals surface area contributed by atoms with Gasteiger partial charge >= 0.3 is 5.97 Å². The maximum absolute atomic E-state index is 12.3. The molecule has 0 unspecified atom stereocenters. The van der Waals surface area contributed by atoms with Crippen molar-refractivity contribution >= 4 is 11.9 Å². The number of carboxylic acid groups (broad SMARTS) is 1. The van der Waals surface area contributed by atoms with Gasteiger partial charge in [-0.3, -0.25) is 4.79 Å². The molecule has 1 amide bonds. The average molecular weight is 257 g/mol. The highest BCUT2D eigenvalue weighted by Crippen LogP contribution is 2.43. The lowest BCUT2D eigenvalue weighted by Crippen LogP contribution is -2.49. The minimum atomic E-state index is -1.19. The second-order valence-corrected chi connectivity index (χ2v) is 5.63. The zero-order valence-corrected chi connectivity index (χ0v) is 11.1. The van der Waals surface area contributed by atoms with Crippen LogP contribution in [0.1, 0.15) is 46.0 Å². The molecule has 1 fully saturated rings. The first-order valence-corrected chi connectivity index (χ1v) is 6.56. The van der Waals surface area contributed by atoms with E-state index in [0.29, 0.717) is 5.92 Å². The molecule has 1 aliphatic carbocycles. The molecule has 104 valence electrons. The standard InChI is InChI=1S/C13H23NO4/c1-9(2)7-13(5-3-4-6-13)12(18)14-10(8-15)11(16)17/h9-10,15H,3-8H2,1-2H3,(H,14,18)(H,16,17)/t10-/m0/s1. The van der Waals surface area contributed by atoms with Crippen molar-refractivity contribution in [3.8, 4) is 0 Å². The number of aliphatic hydroxyl groups excluding tert-OH is 1. The molecular weight excluding hydrogens is 234 g/mol. The second-order valence-electron chi connectivity index (χ2n) is 5.63. The van der Waals surface area contributed by atoms with E-state index in [1.807, 2.05) is 0 Å². The zero-order valence-electron chi connectivity index (χ0n) is 11.1. The molecule has 0 spiro atoms. The third-order valence-corrected chi connectivity index (χ3v) is 3.63. The monoisotopic (exact) mass is 257 g/mol. The third-order valence-electron chi connectivity index (χ3n) is 3.63. The summed E-state index contributed by atoms with van der Waals surface area (Å²) in [6.45, 7) is 3.56. The lowest BCUT2D eigenvalue weighted by Gasteiger charge is -2.30. The number of hydrogen-bond donors (Lipinski definition) is 3. The second kappa shape index (κ2) is 6.18. The first kappa shape index (κ1) is 15.0. The number of carbonyl (C=O) groups is 2. The normalized spacial score (nSPS) is 19.8. The Kier molecular flexibility index (Phi) is 5.14. The Labute approximate surface area is 108 Å². The quantitative estimate of drug-likeness (QED) is 0.666. The maximum atomic E-state index is 12.3. The van der Waals surface area contributed by atoms with Gasteiger partial charge in [0.25, 0.3) is 0 Å². The van der Waals surface area contributed by atoms with Gasteiger partial charge in [0.05, 0.1) is 6.61 Å². The highest BCUT2D eigenvalue weighted by atomic mass is 16.4. The van der Waals surface area contributed by atoms with Gasteiger partial charge in [0, 0.05) is 5.41 Å². The first-order chi connectivity index (χ1) is 8.41. The number of carbonyl (C=O) groups excluding carboxylic acids is 1. The summed E-state index contributed by atoms with van der Waals surface area (Å²) < 4.78 is 0. The Bertz CT molecular complexity index is 308. The fourth-order valence-electron chi connectivity index (χ4n) is 2.85. The van der Waals surface area contributed by atoms with Gasteiger partial charge in [-0.05, 0) is 25.2 Å². The molecular formula is C13H23NO4. The van der Waals surface area contributed by atoms with E-state index in [4.69, 9.17) is 10.2 Å². The predicted molar refractivity (Wildman–Crippen MR) is 67.0 cm³/mol. The summed E-state index contributed by atoms with van der Waals surface area (Å²) in [6.07, 6.45) is 4.42. The van der Waals surface area contributed by atoms with E-state index in [1.165, 1.54) is 0 Å². The van der Waals surface area contributed by atoms with Crippen molar-refractivity contribution < 1.29 is 19.8 Å². The van der Waals surface area contributed by atoms with E-state index in [-0.39, 0.29) is 5.91 Å². The molecule has 0 aliphatic heterocycles. The Morgan fingerprint density at radius 2 is 1.83 bits per heavy atom. The minimum absolute atomic E-state index is 0.213. The summed E-state index contributed by atoms with van der Waals surface area (Å²) in [5.74, 6) is -1.01. The molecule has 5 nitrogen and oxygen atoms in total. The SMILES string of the molecule is CC(C)CC1(C(=O)N[C@@H](CO)C(=O)O)CCCC1. The van der Waals surface area contributed by atoms with Gasteiger partial charge in [0.15, 0.2) is 0 Å². The summed E-state index contributed by atoms with van der Waals surface area (Å²) in [4.78, 5) is 23.1. The van der Waals surface area contributed by atoms with Crippen molar-refractivity contribution in [3.63, 3.8) is 0 Å². The summed E-state index contributed by atoms with van der Waals surface area (Å²) in [6, 6.07) is -1.19. The largest absolute Gasteiger partial charge is 0.480 e. The van der Waals surface area contributed by atoms with Crippen molar-refractivity contribution in [1.82, 2.24) is 5.32 Å². The van der Waals surface area contributed by atoms with Crippen molar-refractivity contribution in [2.75, 3.05) is 6.61 Å². The van der Waals surface area contributed by atoms with Crippen LogP contribution < -0.4 is 5.32 Å².